The topological polar surface area (TPSA) is 89.5 Å². The summed E-state index contributed by atoms with van der Waals surface area (Å²) < 4.78 is 51.5. The number of rotatable bonds is 6. The van der Waals surface area contributed by atoms with Crippen molar-refractivity contribution in [2.75, 3.05) is 7.05 Å². The maximum atomic E-state index is 13.6. The molecule has 2 aromatic rings. The minimum absolute atomic E-state index is 0.0465. The van der Waals surface area contributed by atoms with Crippen LogP contribution in [0.4, 0.5) is 18.0 Å². The summed E-state index contributed by atoms with van der Waals surface area (Å²) in [5, 5.41) is 6.54. The molecule has 0 aromatic carbocycles. The predicted octanol–water partition coefficient (Wildman–Crippen LogP) is 4.11. The van der Waals surface area contributed by atoms with Crippen molar-refractivity contribution in [3.8, 4) is 5.88 Å². The first-order valence-electron chi connectivity index (χ1n) is 10.0. The Labute approximate surface area is 180 Å². The summed E-state index contributed by atoms with van der Waals surface area (Å²) in [5.41, 5.74) is -0.877. The quantitative estimate of drug-likeness (QED) is 0.682. The number of alkyl carbamates (subject to hydrolysis) is 1. The van der Waals surface area contributed by atoms with E-state index >= 15 is 0 Å². The van der Waals surface area contributed by atoms with Gasteiger partial charge in [0, 0.05) is 37.4 Å². The molecule has 11 heteroatoms. The van der Waals surface area contributed by atoms with Crippen LogP contribution in [0.15, 0.2) is 11.4 Å². The summed E-state index contributed by atoms with van der Waals surface area (Å²) >= 11 is 0.813. The van der Waals surface area contributed by atoms with Gasteiger partial charge in [0.15, 0.2) is 0 Å². The van der Waals surface area contributed by atoms with E-state index in [1.165, 1.54) is 12.4 Å². The Balaban J connectivity index is 1.43. The molecule has 168 valence electrons. The van der Waals surface area contributed by atoms with Crippen molar-refractivity contribution in [3.05, 3.63) is 22.6 Å². The van der Waals surface area contributed by atoms with E-state index in [9.17, 15) is 22.8 Å². The first kappa shape index (κ1) is 21.7. The zero-order valence-electron chi connectivity index (χ0n) is 16.9. The molecule has 2 saturated carbocycles. The van der Waals surface area contributed by atoms with Crippen LogP contribution < -0.4 is 15.4 Å². The van der Waals surface area contributed by atoms with E-state index in [1.54, 1.807) is 0 Å². The minimum atomic E-state index is -4.62. The molecule has 0 spiro atoms. The molecule has 2 aromatic heterocycles. The number of carbonyl (C=O) groups excluding carboxylic acids is 2. The van der Waals surface area contributed by atoms with Gasteiger partial charge in [-0.1, -0.05) is 0 Å². The summed E-state index contributed by atoms with van der Waals surface area (Å²) in [6.45, 7) is 1.93. The fourth-order valence-electron chi connectivity index (χ4n) is 3.52. The summed E-state index contributed by atoms with van der Waals surface area (Å²) in [5.74, 6) is -0.225. The van der Waals surface area contributed by atoms with E-state index in [0.29, 0.717) is 18.8 Å². The molecule has 2 N–H and O–H groups in total. The molecule has 31 heavy (non-hydrogen) atoms. The molecule has 2 fully saturated rings. The van der Waals surface area contributed by atoms with Crippen LogP contribution in [0, 0.1) is 5.92 Å². The van der Waals surface area contributed by atoms with E-state index in [-0.39, 0.29) is 33.8 Å². The fourth-order valence-corrected chi connectivity index (χ4v) is 4.54. The SMILES string of the molecule is CNC(=O)c1csc2c(C(F)(F)F)cc(OC3CC(OC(=O)N[C@@H](C)C4CC4)C3)nc12. The minimum Gasteiger partial charge on any atom is -0.474 e. The number of thiophene rings is 1. The number of hydrogen-bond acceptors (Lipinski definition) is 6. The maximum Gasteiger partial charge on any atom is 0.418 e. The Bertz CT molecular complexity index is 999. The summed E-state index contributed by atoms with van der Waals surface area (Å²) in [6, 6.07) is 0.918. The van der Waals surface area contributed by atoms with Gasteiger partial charge in [-0.3, -0.25) is 4.79 Å². The highest BCUT2D eigenvalue weighted by Crippen LogP contribution is 2.41. The number of alkyl halides is 3. The van der Waals surface area contributed by atoms with Gasteiger partial charge in [0.25, 0.3) is 5.91 Å². The largest absolute Gasteiger partial charge is 0.474 e. The number of ether oxygens (including phenoxy) is 2. The third-order valence-corrected chi connectivity index (χ3v) is 6.57. The third-order valence-electron chi connectivity index (χ3n) is 5.56. The van der Waals surface area contributed by atoms with Crippen LogP contribution in [0.2, 0.25) is 0 Å². The molecule has 2 aliphatic carbocycles. The molecular weight excluding hydrogens is 435 g/mol. The van der Waals surface area contributed by atoms with Crippen molar-refractivity contribution in [2.45, 2.75) is 57.0 Å². The molecule has 0 bridgehead atoms. The van der Waals surface area contributed by atoms with Gasteiger partial charge >= 0.3 is 12.3 Å². The Morgan fingerprint density at radius 1 is 1.26 bits per heavy atom. The summed E-state index contributed by atoms with van der Waals surface area (Å²) in [4.78, 5) is 28.1. The number of carbonyl (C=O) groups is 2. The lowest BCUT2D eigenvalue weighted by Crippen LogP contribution is -2.44. The lowest BCUT2D eigenvalue weighted by Gasteiger charge is -2.34. The second-order valence-corrected chi connectivity index (χ2v) is 8.80. The van der Waals surface area contributed by atoms with Crippen LogP contribution in [0.3, 0.4) is 0 Å². The highest BCUT2D eigenvalue weighted by atomic mass is 32.1. The van der Waals surface area contributed by atoms with Gasteiger partial charge in [-0.2, -0.15) is 13.2 Å². The van der Waals surface area contributed by atoms with Crippen LogP contribution in [0.5, 0.6) is 5.88 Å². The van der Waals surface area contributed by atoms with Crippen LogP contribution in [0.25, 0.3) is 10.2 Å². The van der Waals surface area contributed by atoms with E-state index in [1.807, 2.05) is 6.92 Å². The number of nitrogens with zero attached hydrogens (tertiary/aromatic N) is 1. The van der Waals surface area contributed by atoms with Crippen molar-refractivity contribution in [1.82, 2.24) is 15.6 Å². The molecule has 2 aliphatic rings. The molecule has 0 saturated heterocycles. The molecular formula is C20H22F3N3O4S. The summed E-state index contributed by atoms with van der Waals surface area (Å²) in [7, 11) is 1.40. The Kier molecular flexibility index (Phi) is 5.71. The van der Waals surface area contributed by atoms with Gasteiger partial charge in [-0.25, -0.2) is 9.78 Å². The zero-order chi connectivity index (χ0) is 22.3. The smallest absolute Gasteiger partial charge is 0.418 e. The molecule has 2 amide bonds. The van der Waals surface area contributed by atoms with Crippen LogP contribution >= 0.6 is 11.3 Å². The average Bonchev–Trinajstić information content (AvgIpc) is 3.44. The number of nitrogens with one attached hydrogen (secondary N) is 2. The van der Waals surface area contributed by atoms with Crippen molar-refractivity contribution < 1.29 is 32.2 Å². The lowest BCUT2D eigenvalue weighted by molar-refractivity contribution is -0.136. The Morgan fingerprint density at radius 3 is 2.58 bits per heavy atom. The first-order valence-corrected chi connectivity index (χ1v) is 10.9. The van der Waals surface area contributed by atoms with E-state index in [0.717, 1.165) is 30.2 Å². The van der Waals surface area contributed by atoms with Crippen molar-refractivity contribution in [1.29, 1.82) is 0 Å². The number of pyridine rings is 1. The number of aromatic nitrogens is 1. The van der Waals surface area contributed by atoms with Gasteiger partial charge in [-0.05, 0) is 25.7 Å². The van der Waals surface area contributed by atoms with E-state index < -0.39 is 29.8 Å². The molecule has 0 unspecified atom stereocenters. The zero-order valence-corrected chi connectivity index (χ0v) is 17.7. The highest BCUT2D eigenvalue weighted by Gasteiger charge is 2.38. The van der Waals surface area contributed by atoms with Crippen LogP contribution in [-0.2, 0) is 10.9 Å². The molecule has 2 heterocycles. The van der Waals surface area contributed by atoms with E-state index in [2.05, 4.69) is 15.6 Å². The molecule has 7 nitrogen and oxygen atoms in total. The van der Waals surface area contributed by atoms with Crippen molar-refractivity contribution >= 4 is 33.6 Å². The van der Waals surface area contributed by atoms with E-state index in [4.69, 9.17) is 9.47 Å². The summed E-state index contributed by atoms with van der Waals surface area (Å²) in [6.07, 6.45) is -2.97. The number of amides is 2. The van der Waals surface area contributed by atoms with Gasteiger partial charge in [0.2, 0.25) is 5.88 Å². The molecule has 0 radical (unpaired) electrons. The highest BCUT2D eigenvalue weighted by molar-refractivity contribution is 7.17. The average molecular weight is 457 g/mol. The van der Waals surface area contributed by atoms with Crippen molar-refractivity contribution in [2.24, 2.45) is 5.92 Å². The van der Waals surface area contributed by atoms with Gasteiger partial charge < -0.3 is 20.1 Å². The normalized spacial score (nSPS) is 21.8. The molecule has 1 atom stereocenters. The maximum absolute atomic E-state index is 13.6. The fraction of sp³-hybridized carbons (Fsp3) is 0.550. The standard InChI is InChI=1S/C20H22F3N3O4S/c1-9(10-3-4-10)25-19(28)30-12-5-11(6-12)29-15-7-14(20(21,22)23)17-16(26-15)13(8-31-17)18(27)24-2/h7-12H,3-6H2,1-2H3,(H,24,27)(H,25,28)/t9-,11?,12?/m0/s1. The van der Waals surface area contributed by atoms with Gasteiger partial charge in [-0.15, -0.1) is 11.3 Å². The monoisotopic (exact) mass is 457 g/mol. The second-order valence-electron chi connectivity index (χ2n) is 7.92. The number of halogens is 3. The van der Waals surface area contributed by atoms with Crippen molar-refractivity contribution in [3.63, 3.8) is 0 Å². The second kappa shape index (κ2) is 8.18. The Hall–Kier alpha value is -2.56. The van der Waals surface area contributed by atoms with Crippen LogP contribution in [0.1, 0.15) is 48.5 Å². The number of hydrogen-bond donors (Lipinski definition) is 2. The third kappa shape index (κ3) is 4.70. The lowest BCUT2D eigenvalue weighted by atomic mass is 9.92. The number of fused-ring (bicyclic) bond motifs is 1. The van der Waals surface area contributed by atoms with Gasteiger partial charge in [0.05, 0.1) is 21.3 Å². The molecule has 4 rings (SSSR count). The predicted molar refractivity (Wildman–Crippen MR) is 107 cm³/mol. The first-order chi connectivity index (χ1) is 14.7. The Morgan fingerprint density at radius 2 is 1.97 bits per heavy atom. The van der Waals surface area contributed by atoms with Gasteiger partial charge in [0.1, 0.15) is 12.2 Å². The molecule has 0 aliphatic heterocycles. The van der Waals surface area contributed by atoms with Crippen LogP contribution in [-0.4, -0.2) is 42.3 Å².